The summed E-state index contributed by atoms with van der Waals surface area (Å²) in [5.74, 6) is 4.69. The minimum absolute atomic E-state index is 0.259. The van der Waals surface area contributed by atoms with Crippen molar-refractivity contribution in [3.05, 3.63) is 0 Å². The number of Topliss-reactive ketones (excluding diaryl/α,β-unsaturated/α-hetero) is 1. The van der Waals surface area contributed by atoms with Gasteiger partial charge in [-0.3, -0.25) is 4.79 Å². The SMILES string of the molecule is CC1(C)CC(=O)[C@@H]2[C@@H]3[C@H]4CC[C@@H](C4)[C@@H]3[C@]2(C)C1. The molecule has 4 fully saturated rings. The molecule has 0 unspecified atom stereocenters. The van der Waals surface area contributed by atoms with E-state index in [1.165, 1.54) is 25.7 Å². The smallest absolute Gasteiger partial charge is 0.137 e. The van der Waals surface area contributed by atoms with Crippen LogP contribution in [0.5, 0.6) is 0 Å². The lowest BCUT2D eigenvalue weighted by Crippen LogP contribution is -2.64. The van der Waals surface area contributed by atoms with Crippen molar-refractivity contribution >= 4 is 5.78 Å². The van der Waals surface area contributed by atoms with Crippen LogP contribution in [-0.4, -0.2) is 5.78 Å². The Kier molecular flexibility index (Phi) is 1.75. The second kappa shape index (κ2) is 2.81. The van der Waals surface area contributed by atoms with Crippen LogP contribution in [0, 0.1) is 40.4 Å². The third-order valence-corrected chi connectivity index (χ3v) is 6.70. The first kappa shape index (κ1) is 10.6. The summed E-state index contributed by atoms with van der Waals surface area (Å²) in [4.78, 5) is 12.5. The maximum Gasteiger partial charge on any atom is 0.137 e. The summed E-state index contributed by atoms with van der Waals surface area (Å²) in [6, 6.07) is 0. The van der Waals surface area contributed by atoms with Crippen LogP contribution in [0.1, 0.15) is 52.9 Å². The molecule has 4 rings (SSSR count). The van der Waals surface area contributed by atoms with Gasteiger partial charge in [-0.05, 0) is 60.2 Å². The molecule has 0 aromatic heterocycles. The van der Waals surface area contributed by atoms with Gasteiger partial charge in [0, 0.05) is 12.3 Å². The van der Waals surface area contributed by atoms with Crippen molar-refractivity contribution < 1.29 is 4.79 Å². The molecule has 0 radical (unpaired) electrons. The predicted octanol–water partition coefficient (Wildman–Crippen LogP) is 3.67. The van der Waals surface area contributed by atoms with E-state index < -0.39 is 0 Å². The molecule has 4 aliphatic rings. The molecule has 17 heavy (non-hydrogen) atoms. The van der Waals surface area contributed by atoms with E-state index in [0.717, 1.165) is 30.1 Å². The number of carbonyl (C=O) groups is 1. The Morgan fingerprint density at radius 3 is 2.59 bits per heavy atom. The zero-order chi connectivity index (χ0) is 12.0. The molecule has 0 amide bonds. The number of hydrogen-bond acceptors (Lipinski definition) is 1. The highest BCUT2D eigenvalue weighted by Crippen LogP contribution is 2.75. The highest BCUT2D eigenvalue weighted by molar-refractivity contribution is 5.85. The molecular weight excluding hydrogens is 208 g/mol. The van der Waals surface area contributed by atoms with Crippen molar-refractivity contribution in [2.45, 2.75) is 52.9 Å². The Labute approximate surface area is 104 Å². The molecule has 94 valence electrons. The Morgan fingerprint density at radius 1 is 1.12 bits per heavy atom. The summed E-state index contributed by atoms with van der Waals surface area (Å²) in [6.45, 7) is 7.04. The lowest BCUT2D eigenvalue weighted by atomic mass is 9.37. The summed E-state index contributed by atoms with van der Waals surface area (Å²) in [6.07, 6.45) is 6.47. The van der Waals surface area contributed by atoms with Gasteiger partial charge >= 0.3 is 0 Å². The van der Waals surface area contributed by atoms with E-state index in [2.05, 4.69) is 20.8 Å². The van der Waals surface area contributed by atoms with Crippen LogP contribution >= 0.6 is 0 Å². The summed E-state index contributed by atoms with van der Waals surface area (Å²) in [7, 11) is 0. The standard InChI is InChI=1S/C16H24O/c1-15(2)7-11(17)14-12-9-4-5-10(6-9)13(12)16(14,3)8-15/h9-10,12-14H,4-8H2,1-3H3/t9-,10-,12+,13-,14+,16-/m0/s1. The van der Waals surface area contributed by atoms with Crippen molar-refractivity contribution in [2.24, 2.45) is 40.4 Å². The van der Waals surface area contributed by atoms with E-state index >= 15 is 0 Å². The molecule has 0 aromatic rings. The van der Waals surface area contributed by atoms with Crippen LogP contribution in [-0.2, 0) is 4.79 Å². The fourth-order valence-corrected chi connectivity index (χ4v) is 6.81. The normalized spacial score (nSPS) is 58.5. The highest BCUT2D eigenvalue weighted by Gasteiger charge is 2.71. The van der Waals surface area contributed by atoms with Crippen LogP contribution in [0.25, 0.3) is 0 Å². The third-order valence-electron chi connectivity index (χ3n) is 6.70. The third kappa shape index (κ3) is 1.10. The Hall–Kier alpha value is -0.330. The topological polar surface area (TPSA) is 17.1 Å². The number of carbonyl (C=O) groups excluding carboxylic acids is 1. The van der Waals surface area contributed by atoms with E-state index in [4.69, 9.17) is 0 Å². The quantitative estimate of drug-likeness (QED) is 0.622. The average molecular weight is 232 g/mol. The summed E-state index contributed by atoms with van der Waals surface area (Å²) >= 11 is 0. The Balaban J connectivity index is 1.73. The van der Waals surface area contributed by atoms with Crippen LogP contribution in [0.15, 0.2) is 0 Å². The van der Waals surface area contributed by atoms with E-state index in [-0.39, 0.29) is 5.41 Å². The van der Waals surface area contributed by atoms with Gasteiger partial charge in [0.25, 0.3) is 0 Å². The fraction of sp³-hybridized carbons (Fsp3) is 0.938. The van der Waals surface area contributed by atoms with Gasteiger partial charge in [-0.15, -0.1) is 0 Å². The molecule has 0 spiro atoms. The maximum absolute atomic E-state index is 12.5. The van der Waals surface area contributed by atoms with Gasteiger partial charge < -0.3 is 0 Å². The zero-order valence-electron chi connectivity index (χ0n) is 11.3. The van der Waals surface area contributed by atoms with Gasteiger partial charge in [-0.25, -0.2) is 0 Å². The molecule has 2 bridgehead atoms. The number of rotatable bonds is 0. The monoisotopic (exact) mass is 232 g/mol. The maximum atomic E-state index is 12.5. The number of hydrogen-bond donors (Lipinski definition) is 0. The lowest BCUT2D eigenvalue weighted by molar-refractivity contribution is -0.191. The van der Waals surface area contributed by atoms with Crippen LogP contribution < -0.4 is 0 Å². The first-order valence-electron chi connectivity index (χ1n) is 7.45. The molecule has 1 heteroatoms. The Morgan fingerprint density at radius 2 is 1.82 bits per heavy atom. The van der Waals surface area contributed by atoms with Crippen molar-refractivity contribution in [3.8, 4) is 0 Å². The summed E-state index contributed by atoms with van der Waals surface area (Å²) < 4.78 is 0. The van der Waals surface area contributed by atoms with Gasteiger partial charge in [0.15, 0.2) is 0 Å². The lowest BCUT2D eigenvalue weighted by Gasteiger charge is -2.66. The number of fused-ring (bicyclic) bond motifs is 8. The molecule has 0 heterocycles. The van der Waals surface area contributed by atoms with E-state index in [9.17, 15) is 4.79 Å². The molecule has 6 atom stereocenters. The minimum atomic E-state index is 0.259. The zero-order valence-corrected chi connectivity index (χ0v) is 11.3. The van der Waals surface area contributed by atoms with Crippen molar-refractivity contribution in [1.82, 2.24) is 0 Å². The van der Waals surface area contributed by atoms with Crippen LogP contribution in [0.4, 0.5) is 0 Å². The van der Waals surface area contributed by atoms with Crippen LogP contribution in [0.3, 0.4) is 0 Å². The molecule has 4 aliphatic carbocycles. The molecular formula is C16H24O. The summed E-state index contributed by atoms with van der Waals surface area (Å²) in [5.41, 5.74) is 0.637. The van der Waals surface area contributed by atoms with Gasteiger partial charge in [0.1, 0.15) is 5.78 Å². The van der Waals surface area contributed by atoms with Crippen molar-refractivity contribution in [1.29, 1.82) is 0 Å². The summed E-state index contributed by atoms with van der Waals surface area (Å²) in [5, 5.41) is 0. The average Bonchev–Trinajstić information content (AvgIpc) is 2.70. The van der Waals surface area contributed by atoms with Crippen molar-refractivity contribution in [2.75, 3.05) is 0 Å². The second-order valence-electron chi connectivity index (χ2n) is 8.40. The fourth-order valence-electron chi connectivity index (χ4n) is 6.81. The van der Waals surface area contributed by atoms with Gasteiger partial charge in [-0.2, -0.15) is 0 Å². The highest BCUT2D eigenvalue weighted by atomic mass is 16.1. The molecule has 0 N–H and O–H groups in total. The molecule has 0 aromatic carbocycles. The van der Waals surface area contributed by atoms with Gasteiger partial charge in [0.05, 0.1) is 0 Å². The van der Waals surface area contributed by atoms with Gasteiger partial charge in [-0.1, -0.05) is 20.8 Å². The van der Waals surface area contributed by atoms with E-state index in [1.807, 2.05) is 0 Å². The van der Waals surface area contributed by atoms with Crippen molar-refractivity contribution in [3.63, 3.8) is 0 Å². The van der Waals surface area contributed by atoms with E-state index in [1.54, 1.807) is 0 Å². The number of ketones is 1. The molecule has 1 nitrogen and oxygen atoms in total. The van der Waals surface area contributed by atoms with E-state index in [0.29, 0.717) is 17.1 Å². The van der Waals surface area contributed by atoms with Crippen LogP contribution in [0.2, 0.25) is 0 Å². The van der Waals surface area contributed by atoms with Gasteiger partial charge in [0.2, 0.25) is 0 Å². The molecule has 0 saturated heterocycles. The first-order valence-corrected chi connectivity index (χ1v) is 7.45. The predicted molar refractivity (Wildman–Crippen MR) is 67.4 cm³/mol. The second-order valence-corrected chi connectivity index (χ2v) is 8.40. The Bertz CT molecular complexity index is 396. The molecule has 4 saturated carbocycles. The molecule has 0 aliphatic heterocycles. The minimum Gasteiger partial charge on any atom is -0.299 e. The largest absolute Gasteiger partial charge is 0.299 e. The first-order chi connectivity index (χ1) is 7.92.